The minimum atomic E-state index is -2.06. The lowest BCUT2D eigenvalue weighted by Gasteiger charge is -2.38. The molecule has 0 aliphatic heterocycles. The van der Waals surface area contributed by atoms with Crippen LogP contribution < -0.4 is 0 Å². The zero-order valence-corrected chi connectivity index (χ0v) is 31.9. The monoisotopic (exact) mass is 642 g/mol. The maximum Gasteiger partial charge on any atom is 0.146 e. The SMILES string of the molecule is CC(C)[Si](C#Cc1c2nc3ccccc3nc2c(C#C[Si](C(C)C)(C(C)C)C(C)C)c2nc3ccccc3nc12)(C(C)C)C(C)C. The van der Waals surface area contributed by atoms with Gasteiger partial charge in [0.25, 0.3) is 0 Å². The highest BCUT2D eigenvalue weighted by molar-refractivity contribution is 6.91. The van der Waals surface area contributed by atoms with Crippen molar-refractivity contribution < 1.29 is 0 Å². The van der Waals surface area contributed by atoms with Crippen molar-refractivity contribution in [1.29, 1.82) is 0 Å². The molecule has 2 aromatic heterocycles. The highest BCUT2D eigenvalue weighted by Crippen LogP contribution is 2.42. The van der Waals surface area contributed by atoms with Crippen molar-refractivity contribution in [2.75, 3.05) is 0 Å². The molecule has 0 bridgehead atoms. The molecule has 0 radical (unpaired) electrons. The molecular formula is C40H50N4Si2. The fourth-order valence-electron chi connectivity index (χ4n) is 8.37. The van der Waals surface area contributed by atoms with Gasteiger partial charge < -0.3 is 0 Å². The molecule has 5 rings (SSSR count). The van der Waals surface area contributed by atoms with Gasteiger partial charge in [0.05, 0.1) is 33.2 Å². The van der Waals surface area contributed by atoms with Crippen LogP contribution in [0.15, 0.2) is 48.5 Å². The Balaban J connectivity index is 2.02. The van der Waals surface area contributed by atoms with E-state index >= 15 is 0 Å². The summed E-state index contributed by atoms with van der Waals surface area (Å²) in [4.78, 5) is 21.1. The van der Waals surface area contributed by atoms with Crippen LogP contribution in [0.3, 0.4) is 0 Å². The van der Waals surface area contributed by atoms with Crippen LogP contribution in [-0.2, 0) is 0 Å². The van der Waals surface area contributed by atoms with E-state index in [0.29, 0.717) is 33.2 Å². The lowest BCUT2D eigenvalue weighted by Crippen LogP contribution is -2.43. The Labute approximate surface area is 278 Å². The van der Waals surface area contributed by atoms with E-state index < -0.39 is 16.1 Å². The maximum absolute atomic E-state index is 5.28. The largest absolute Gasteiger partial charge is 0.243 e. The Morgan fingerprint density at radius 1 is 0.391 bits per heavy atom. The van der Waals surface area contributed by atoms with Crippen LogP contribution >= 0.6 is 0 Å². The second-order valence-electron chi connectivity index (χ2n) is 14.9. The van der Waals surface area contributed by atoms with Gasteiger partial charge in [-0.15, -0.1) is 11.1 Å². The first-order valence-corrected chi connectivity index (χ1v) is 21.6. The number of hydrogen-bond acceptors (Lipinski definition) is 4. The predicted molar refractivity (Wildman–Crippen MR) is 203 cm³/mol. The van der Waals surface area contributed by atoms with Crippen LogP contribution in [0.2, 0.25) is 33.2 Å². The molecule has 0 unspecified atom stereocenters. The summed E-state index contributed by atoms with van der Waals surface area (Å²) in [5.41, 5.74) is 19.1. The van der Waals surface area contributed by atoms with Gasteiger partial charge in [-0.1, -0.05) is 119 Å². The average molecular weight is 643 g/mol. The second-order valence-corrected chi connectivity index (χ2v) is 26.0. The molecule has 0 fully saturated rings. The van der Waals surface area contributed by atoms with Gasteiger partial charge >= 0.3 is 0 Å². The van der Waals surface area contributed by atoms with Crippen LogP contribution in [0.4, 0.5) is 0 Å². The molecule has 0 saturated carbocycles. The quantitative estimate of drug-likeness (QED) is 0.105. The Morgan fingerprint density at radius 2 is 0.609 bits per heavy atom. The van der Waals surface area contributed by atoms with Gasteiger partial charge in [0.2, 0.25) is 0 Å². The summed E-state index contributed by atoms with van der Waals surface area (Å²) in [5.74, 6) is 7.53. The number of rotatable bonds is 6. The van der Waals surface area contributed by atoms with Crippen LogP contribution in [0.25, 0.3) is 44.1 Å². The Hall–Kier alpha value is -3.59. The first kappa shape index (κ1) is 33.8. The third-order valence-corrected chi connectivity index (χ3v) is 23.2. The number of benzene rings is 3. The van der Waals surface area contributed by atoms with Crippen LogP contribution in [-0.4, -0.2) is 36.1 Å². The van der Waals surface area contributed by atoms with E-state index in [1.54, 1.807) is 0 Å². The van der Waals surface area contributed by atoms with Crippen LogP contribution in [0.5, 0.6) is 0 Å². The van der Waals surface area contributed by atoms with E-state index in [2.05, 4.69) is 106 Å². The van der Waals surface area contributed by atoms with Gasteiger partial charge in [-0.3, -0.25) is 0 Å². The zero-order valence-electron chi connectivity index (χ0n) is 29.9. The second kappa shape index (κ2) is 12.9. The lowest BCUT2D eigenvalue weighted by molar-refractivity contribution is 0.838. The van der Waals surface area contributed by atoms with Crippen molar-refractivity contribution >= 4 is 60.3 Å². The van der Waals surface area contributed by atoms with Crippen molar-refractivity contribution in [2.45, 2.75) is 116 Å². The standard InChI is InChI=1S/C40H50N4Si2/c1-25(2)45(26(3)4,27(5)6)23-21-31-37-39(43-35-19-15-13-17-33(35)41-37)32(22-24-46(28(7)8,29(9)10)30(11)12)40-38(31)42-34-18-14-16-20-36(34)44-40/h13-20,25-30H,1-12H3. The van der Waals surface area contributed by atoms with Crippen LogP contribution in [0.1, 0.15) is 94.2 Å². The predicted octanol–water partition coefficient (Wildman–Crippen LogP) is 11.0. The Kier molecular flexibility index (Phi) is 9.47. The summed E-state index contributed by atoms with van der Waals surface area (Å²) in [6.45, 7) is 28.2. The van der Waals surface area contributed by atoms with Gasteiger partial charge in [-0.25, -0.2) is 19.9 Å². The van der Waals surface area contributed by atoms with Crippen molar-refractivity contribution in [1.82, 2.24) is 19.9 Å². The van der Waals surface area contributed by atoms with E-state index in [-0.39, 0.29) is 0 Å². The van der Waals surface area contributed by atoms with E-state index in [1.807, 2.05) is 48.5 Å². The number of para-hydroxylation sites is 4. The van der Waals surface area contributed by atoms with Crippen LogP contribution in [0, 0.1) is 22.9 Å². The molecule has 2 heterocycles. The summed E-state index contributed by atoms with van der Waals surface area (Å²) in [5, 5.41) is 0. The summed E-state index contributed by atoms with van der Waals surface area (Å²) >= 11 is 0. The number of nitrogens with zero attached hydrogens (tertiary/aromatic N) is 4. The topological polar surface area (TPSA) is 51.6 Å². The first-order valence-electron chi connectivity index (χ1n) is 17.1. The molecule has 5 aromatic rings. The summed E-state index contributed by atoms with van der Waals surface area (Å²) < 4.78 is 0. The Morgan fingerprint density at radius 3 is 0.804 bits per heavy atom. The van der Waals surface area contributed by atoms with E-state index in [9.17, 15) is 0 Å². The minimum absolute atomic E-state index is 0.502. The maximum atomic E-state index is 5.28. The highest BCUT2D eigenvalue weighted by Gasteiger charge is 2.43. The molecular weight excluding hydrogens is 593 g/mol. The minimum Gasteiger partial charge on any atom is -0.243 e. The van der Waals surface area contributed by atoms with Gasteiger partial charge in [0, 0.05) is 0 Å². The molecule has 6 heteroatoms. The smallest absolute Gasteiger partial charge is 0.146 e. The van der Waals surface area contributed by atoms with Crippen molar-refractivity contribution in [3.8, 4) is 22.9 Å². The molecule has 3 aromatic carbocycles. The Bertz CT molecular complexity index is 1770. The third kappa shape index (κ3) is 5.54. The van der Waals surface area contributed by atoms with Gasteiger partial charge in [0.15, 0.2) is 0 Å². The molecule has 238 valence electrons. The molecule has 0 atom stereocenters. The average Bonchev–Trinajstić information content (AvgIpc) is 2.99. The van der Waals surface area contributed by atoms with E-state index in [0.717, 1.165) is 55.3 Å². The first-order chi connectivity index (χ1) is 21.7. The third-order valence-electron chi connectivity index (χ3n) is 10.6. The molecule has 0 N–H and O–H groups in total. The highest BCUT2D eigenvalue weighted by atomic mass is 28.3. The number of aromatic nitrogens is 4. The van der Waals surface area contributed by atoms with Gasteiger partial charge in [-0.2, -0.15) is 0 Å². The molecule has 0 aliphatic rings. The zero-order chi connectivity index (χ0) is 33.6. The molecule has 4 nitrogen and oxygen atoms in total. The van der Waals surface area contributed by atoms with Gasteiger partial charge in [0.1, 0.15) is 38.2 Å². The molecule has 0 spiro atoms. The summed E-state index contributed by atoms with van der Waals surface area (Å²) in [7, 11) is -4.13. The van der Waals surface area contributed by atoms with E-state index in [1.165, 1.54) is 0 Å². The van der Waals surface area contributed by atoms with Gasteiger partial charge in [-0.05, 0) is 57.5 Å². The summed E-state index contributed by atoms with van der Waals surface area (Å²) in [6.07, 6.45) is 0. The fraction of sp³-hybridized carbons (Fsp3) is 0.450. The normalized spacial score (nSPS) is 12.7. The summed E-state index contributed by atoms with van der Waals surface area (Å²) in [6, 6.07) is 16.2. The number of hydrogen-bond donors (Lipinski definition) is 0. The molecule has 46 heavy (non-hydrogen) atoms. The van der Waals surface area contributed by atoms with Crippen molar-refractivity contribution in [3.63, 3.8) is 0 Å². The number of fused-ring (bicyclic) bond motifs is 4. The molecule has 0 aliphatic carbocycles. The van der Waals surface area contributed by atoms with Crippen molar-refractivity contribution in [2.24, 2.45) is 0 Å². The fourth-order valence-corrected chi connectivity index (χ4v) is 18.8. The molecule has 0 saturated heterocycles. The van der Waals surface area contributed by atoms with E-state index in [4.69, 9.17) is 19.9 Å². The van der Waals surface area contributed by atoms with Crippen molar-refractivity contribution in [3.05, 3.63) is 59.7 Å². The lowest BCUT2D eigenvalue weighted by atomic mass is 10.0. The molecule has 0 amide bonds.